The van der Waals surface area contributed by atoms with Crippen molar-refractivity contribution in [2.75, 3.05) is 4.90 Å². The molecule has 3 heteroatoms. The molecular weight excluding hydrogens is 723 g/mol. The normalized spacial score (nSPS) is 15.0. The number of para-hydroxylation sites is 2. The zero-order valence-electron chi connectivity index (χ0n) is 31.3. The Balaban J connectivity index is 1.14. The van der Waals surface area contributed by atoms with Gasteiger partial charge in [-0.25, -0.2) is 0 Å². The van der Waals surface area contributed by atoms with E-state index < -0.39 is 5.41 Å². The number of rotatable bonds is 4. The van der Waals surface area contributed by atoms with Gasteiger partial charge in [-0.15, -0.1) is 11.3 Å². The highest BCUT2D eigenvalue weighted by Crippen LogP contribution is 2.66. The van der Waals surface area contributed by atoms with Crippen LogP contribution in [0.1, 0.15) is 22.3 Å². The molecule has 0 radical (unpaired) electrons. The molecule has 2 aliphatic carbocycles. The van der Waals surface area contributed by atoms with Gasteiger partial charge >= 0.3 is 0 Å². The number of furan rings is 1. The number of nitrogens with zero attached hydrogens (tertiary/aromatic N) is 1. The van der Waals surface area contributed by atoms with Crippen molar-refractivity contribution in [1.82, 2.24) is 0 Å². The molecule has 1 atom stereocenters. The van der Waals surface area contributed by atoms with E-state index in [2.05, 4.69) is 205 Å². The molecular formula is C55H33NOS. The van der Waals surface area contributed by atoms with Crippen LogP contribution in [0.4, 0.5) is 17.1 Å². The van der Waals surface area contributed by atoms with E-state index in [0.717, 1.165) is 39.0 Å². The average molecular weight is 756 g/mol. The van der Waals surface area contributed by atoms with Gasteiger partial charge in [0.2, 0.25) is 0 Å². The minimum Gasteiger partial charge on any atom is -0.455 e. The summed E-state index contributed by atoms with van der Waals surface area (Å²) in [7, 11) is 0. The first-order valence-electron chi connectivity index (χ1n) is 19.9. The van der Waals surface area contributed by atoms with Crippen LogP contribution in [-0.2, 0) is 5.41 Å². The van der Waals surface area contributed by atoms with Crippen LogP contribution < -0.4 is 4.90 Å². The van der Waals surface area contributed by atoms with Crippen LogP contribution in [0, 0.1) is 0 Å². The summed E-state index contributed by atoms with van der Waals surface area (Å²) in [6.07, 6.45) is 0. The highest BCUT2D eigenvalue weighted by atomic mass is 32.1. The van der Waals surface area contributed by atoms with E-state index in [1.807, 2.05) is 11.3 Å². The smallest absolute Gasteiger partial charge is 0.143 e. The van der Waals surface area contributed by atoms with Gasteiger partial charge in [-0.1, -0.05) is 158 Å². The Bertz CT molecular complexity index is 3480. The predicted molar refractivity (Wildman–Crippen MR) is 243 cm³/mol. The van der Waals surface area contributed by atoms with E-state index in [4.69, 9.17) is 4.42 Å². The van der Waals surface area contributed by atoms with Gasteiger partial charge in [0.15, 0.2) is 0 Å². The van der Waals surface area contributed by atoms with E-state index in [-0.39, 0.29) is 0 Å². The third-order valence-corrected chi connectivity index (χ3v) is 13.8. The van der Waals surface area contributed by atoms with Crippen molar-refractivity contribution in [2.45, 2.75) is 5.41 Å². The van der Waals surface area contributed by atoms with Crippen LogP contribution in [0.25, 0.3) is 75.5 Å². The lowest BCUT2D eigenvalue weighted by Crippen LogP contribution is -2.26. The molecule has 0 bridgehead atoms. The number of anilines is 3. The van der Waals surface area contributed by atoms with Crippen LogP contribution >= 0.6 is 11.3 Å². The summed E-state index contributed by atoms with van der Waals surface area (Å²) < 4.78 is 9.41. The summed E-state index contributed by atoms with van der Waals surface area (Å²) in [6, 6.07) is 73.7. The van der Waals surface area contributed by atoms with E-state index >= 15 is 0 Å². The second-order valence-electron chi connectivity index (χ2n) is 15.5. The van der Waals surface area contributed by atoms with Gasteiger partial charge in [0, 0.05) is 53.3 Å². The quantitative estimate of drug-likeness (QED) is 0.178. The Kier molecular flexibility index (Phi) is 6.56. The van der Waals surface area contributed by atoms with E-state index in [1.54, 1.807) is 0 Å². The third-order valence-electron chi connectivity index (χ3n) is 12.7. The first kappa shape index (κ1) is 31.9. The fraction of sp³-hybridized carbons (Fsp3) is 0.0182. The summed E-state index contributed by atoms with van der Waals surface area (Å²) in [5.41, 5.74) is 17.2. The van der Waals surface area contributed by atoms with E-state index in [0.29, 0.717) is 0 Å². The van der Waals surface area contributed by atoms with Gasteiger partial charge in [-0.05, 0) is 81.4 Å². The first-order valence-corrected chi connectivity index (χ1v) is 20.7. The molecule has 2 aromatic heterocycles. The Hall–Kier alpha value is -7.20. The molecule has 1 unspecified atom stereocenters. The first-order chi connectivity index (χ1) is 28.8. The number of thiophene rings is 1. The fourth-order valence-electron chi connectivity index (χ4n) is 10.4. The lowest BCUT2D eigenvalue weighted by Gasteiger charge is -2.32. The summed E-state index contributed by atoms with van der Waals surface area (Å²) in [5, 5.41) is 4.87. The number of benzene rings is 9. The van der Waals surface area contributed by atoms with Crippen molar-refractivity contribution in [3.05, 3.63) is 222 Å². The SMILES string of the molecule is c1ccc(-c2ccccc2N(c2ccc3sc4ccccc4c3c2)c2cccc3c2-c2ccccc2C32c3ccccc3-c3c2ccc2c3oc3ccccc32)cc1. The lowest BCUT2D eigenvalue weighted by molar-refractivity contribution is 0.669. The van der Waals surface area contributed by atoms with Crippen molar-refractivity contribution in [2.24, 2.45) is 0 Å². The van der Waals surface area contributed by atoms with Gasteiger partial charge in [0.25, 0.3) is 0 Å². The molecule has 0 N–H and O–H groups in total. The summed E-state index contributed by atoms with van der Waals surface area (Å²) in [6.45, 7) is 0. The molecule has 270 valence electrons. The molecule has 0 amide bonds. The van der Waals surface area contributed by atoms with Gasteiger partial charge < -0.3 is 9.32 Å². The molecule has 9 aromatic carbocycles. The fourth-order valence-corrected chi connectivity index (χ4v) is 11.5. The van der Waals surface area contributed by atoms with Crippen LogP contribution in [0.15, 0.2) is 205 Å². The Morgan fingerprint density at radius 1 is 0.397 bits per heavy atom. The maximum atomic E-state index is 6.82. The highest BCUT2D eigenvalue weighted by Gasteiger charge is 2.53. The minimum atomic E-state index is -0.542. The van der Waals surface area contributed by atoms with Crippen molar-refractivity contribution in [3.8, 4) is 33.4 Å². The molecule has 58 heavy (non-hydrogen) atoms. The predicted octanol–water partition coefficient (Wildman–Crippen LogP) is 15.4. The van der Waals surface area contributed by atoms with Crippen LogP contribution in [-0.4, -0.2) is 0 Å². The molecule has 2 nitrogen and oxygen atoms in total. The van der Waals surface area contributed by atoms with Gasteiger partial charge in [0.1, 0.15) is 11.2 Å². The maximum Gasteiger partial charge on any atom is 0.143 e. The Labute approximate surface area is 339 Å². The standard InChI is InChI=1S/C55H33NOS/c1-2-15-34(16-3-1)36-17-6-11-25-47(36)56(35-29-32-51-42(33-35)38-19-8-13-28-50(38)58-51)48-26-14-24-45-52(48)40-20-4-9-22-43(40)55(45)44-23-10-5-21-41(44)53-46(55)31-30-39-37-18-7-12-27-49(37)57-54(39)53/h1-33H. The van der Waals surface area contributed by atoms with Crippen molar-refractivity contribution in [3.63, 3.8) is 0 Å². The summed E-state index contributed by atoms with van der Waals surface area (Å²) in [4.78, 5) is 2.52. The Morgan fingerprint density at radius 2 is 1.02 bits per heavy atom. The monoisotopic (exact) mass is 755 g/mol. The van der Waals surface area contributed by atoms with Crippen molar-refractivity contribution in [1.29, 1.82) is 0 Å². The van der Waals surface area contributed by atoms with Gasteiger partial charge in [-0.2, -0.15) is 0 Å². The lowest BCUT2D eigenvalue weighted by atomic mass is 9.70. The third kappa shape index (κ3) is 4.16. The molecule has 0 saturated heterocycles. The number of hydrogen-bond acceptors (Lipinski definition) is 3. The van der Waals surface area contributed by atoms with Crippen LogP contribution in [0.3, 0.4) is 0 Å². The summed E-state index contributed by atoms with van der Waals surface area (Å²) >= 11 is 1.86. The largest absolute Gasteiger partial charge is 0.455 e. The minimum absolute atomic E-state index is 0.542. The van der Waals surface area contributed by atoms with E-state index in [1.165, 1.54) is 75.8 Å². The highest BCUT2D eigenvalue weighted by molar-refractivity contribution is 7.25. The summed E-state index contributed by atoms with van der Waals surface area (Å²) in [5.74, 6) is 0. The second kappa shape index (κ2) is 11.9. The molecule has 11 aromatic rings. The zero-order chi connectivity index (χ0) is 38.0. The van der Waals surface area contributed by atoms with Crippen LogP contribution in [0.5, 0.6) is 0 Å². The maximum absolute atomic E-state index is 6.82. The molecule has 13 rings (SSSR count). The van der Waals surface area contributed by atoms with E-state index in [9.17, 15) is 0 Å². The number of fused-ring (bicyclic) bond motifs is 17. The molecule has 1 spiro atoms. The average Bonchev–Trinajstić information content (AvgIpc) is 4.02. The van der Waals surface area contributed by atoms with Gasteiger partial charge in [0.05, 0.1) is 16.8 Å². The topological polar surface area (TPSA) is 16.4 Å². The molecule has 2 aliphatic rings. The molecule has 2 heterocycles. The second-order valence-corrected chi connectivity index (χ2v) is 16.6. The zero-order valence-corrected chi connectivity index (χ0v) is 32.1. The Morgan fingerprint density at radius 3 is 1.86 bits per heavy atom. The van der Waals surface area contributed by atoms with Gasteiger partial charge in [-0.3, -0.25) is 0 Å². The molecule has 0 fully saturated rings. The number of hydrogen-bond donors (Lipinski definition) is 0. The van der Waals surface area contributed by atoms with Crippen LogP contribution in [0.2, 0.25) is 0 Å². The van der Waals surface area contributed by atoms with Crippen molar-refractivity contribution < 1.29 is 4.42 Å². The molecule has 0 saturated carbocycles. The van der Waals surface area contributed by atoms with Crippen molar-refractivity contribution >= 4 is 70.5 Å². The molecule has 0 aliphatic heterocycles.